The molecule has 2 amide bonds. The molecule has 0 aromatic heterocycles. The maximum atomic E-state index is 15.6. The Labute approximate surface area is 704 Å². The molecule has 4 bridgehead atoms. The number of carbonyl (C=O) groups excluding carboxylic acids is 5. The highest BCUT2D eigenvalue weighted by Gasteiger charge is 2.49. The third kappa shape index (κ3) is 20.0. The van der Waals surface area contributed by atoms with Gasteiger partial charge in [-0.15, -0.1) is 0 Å². The number of aliphatic carboxylic acids is 3. The number of piperidine rings is 2. The summed E-state index contributed by atoms with van der Waals surface area (Å²) in [7, 11) is 4.39. The van der Waals surface area contributed by atoms with E-state index in [9.17, 15) is 39.3 Å². The molecule has 117 heavy (non-hydrogen) atoms. The normalized spacial score (nSPS) is 24.4. The van der Waals surface area contributed by atoms with Crippen LogP contribution in [0.25, 0.3) is 0 Å². The largest absolute Gasteiger partial charge is 0.478 e. The van der Waals surface area contributed by atoms with Gasteiger partial charge in [0.15, 0.2) is 0 Å². The Morgan fingerprint density at radius 1 is 0.427 bits per heavy atom. The van der Waals surface area contributed by atoms with Crippen molar-refractivity contribution in [1.29, 1.82) is 0 Å². The number of nitrogens with one attached hydrogen (secondary N) is 1. The highest BCUT2D eigenvalue weighted by atomic mass is 35.5. The number of carbonyl (C=O) groups is 8. The molecule has 0 aliphatic carbocycles. The molecular formula is C88H108Cl4N10O15. The van der Waals surface area contributed by atoms with Gasteiger partial charge in [-0.05, 0) is 190 Å². The number of carboxylic acid groups (broad SMARTS) is 3. The summed E-state index contributed by atoms with van der Waals surface area (Å²) in [6, 6.07) is 26.7. The van der Waals surface area contributed by atoms with Gasteiger partial charge >= 0.3 is 35.8 Å². The van der Waals surface area contributed by atoms with Crippen LogP contribution < -0.4 is 5.32 Å². The summed E-state index contributed by atoms with van der Waals surface area (Å²) < 4.78 is 18.3. The molecule has 29 heteroatoms. The van der Waals surface area contributed by atoms with E-state index in [0.717, 1.165) is 131 Å². The lowest BCUT2D eigenvalue weighted by Crippen LogP contribution is -2.56. The van der Waals surface area contributed by atoms with Gasteiger partial charge in [0.1, 0.15) is 0 Å². The first-order valence-electron chi connectivity index (χ1n) is 41.8. The number of hydrogen-bond donors (Lipinski definition) is 4. The van der Waals surface area contributed by atoms with E-state index in [1.54, 1.807) is 15.9 Å². The summed E-state index contributed by atoms with van der Waals surface area (Å²) in [5, 5.41) is 38.8. The minimum atomic E-state index is -1.76. The van der Waals surface area contributed by atoms with Crippen molar-refractivity contribution in [3.8, 4) is 0 Å². The summed E-state index contributed by atoms with van der Waals surface area (Å²) in [4.78, 5) is 143. The Kier molecular flexibility index (Phi) is 28.7. The summed E-state index contributed by atoms with van der Waals surface area (Å²) in [6.45, 7) is 10.6. The van der Waals surface area contributed by atoms with Crippen LogP contribution in [0.3, 0.4) is 0 Å². The van der Waals surface area contributed by atoms with Crippen LogP contribution in [0, 0.1) is 0 Å². The zero-order valence-corrected chi connectivity index (χ0v) is 69.9. The van der Waals surface area contributed by atoms with Crippen LogP contribution in [-0.2, 0) is 83.5 Å². The number of piperazine rings is 2. The average molecular weight is 1690 g/mol. The number of aryl methyl sites for hydroxylation is 2. The van der Waals surface area contributed by atoms with Crippen LogP contribution in [0.5, 0.6) is 0 Å². The number of ether oxygens (including phenoxy) is 3. The van der Waals surface area contributed by atoms with Crippen LogP contribution in [0.4, 0.5) is 0 Å². The summed E-state index contributed by atoms with van der Waals surface area (Å²) in [5.41, 5.74) is 0.496. The SMILES string of the molecule is CN1C2CCC1CC(N1CCN(C(=O)CC3=C(C(=O)O)C(c4c(Cl)cccc4Cl)C(C(=O)OC(=O)CCC(=O)ON4C(CCc5ccccc5COCCN5CCCC5)=C(C(=O)O)C(c5c(Cl)cccc5Cl)C(C(=O)O)=C4CC(=O)N4CCN(C5CC6CCC(C5)N6C)CC4)=C(CCc4ccccc4COCCN4CCCC4)N3)CC1)C2. The van der Waals surface area contributed by atoms with E-state index in [1.165, 1.54) is 43.2 Å². The molecule has 6 unspecified atom stereocenters. The first-order valence-corrected chi connectivity index (χ1v) is 43.3. The maximum Gasteiger partial charge on any atom is 0.344 e. The molecule has 6 atom stereocenters. The number of hydroxylamine groups is 2. The number of dihydropyridines is 1. The molecule has 10 aliphatic heterocycles. The Bertz CT molecular complexity index is 4440. The second-order valence-corrected chi connectivity index (χ2v) is 34.6. The van der Waals surface area contributed by atoms with Gasteiger partial charge in [-0.2, -0.15) is 5.06 Å². The van der Waals surface area contributed by atoms with E-state index in [2.05, 4.69) is 48.8 Å². The molecule has 628 valence electrons. The lowest BCUT2D eigenvalue weighted by molar-refractivity contribution is -0.179. The fourth-order valence-electron chi connectivity index (χ4n) is 19.9. The molecule has 8 fully saturated rings. The van der Waals surface area contributed by atoms with Crippen LogP contribution >= 0.6 is 46.4 Å². The van der Waals surface area contributed by atoms with Gasteiger partial charge in [0.05, 0.1) is 97.6 Å². The molecule has 0 radical (unpaired) electrons. The molecule has 4 aromatic rings. The predicted molar refractivity (Wildman–Crippen MR) is 442 cm³/mol. The first-order chi connectivity index (χ1) is 56.5. The van der Waals surface area contributed by atoms with Crippen LogP contribution in [-0.4, -0.2) is 262 Å². The number of halogens is 4. The van der Waals surface area contributed by atoms with Gasteiger partial charge < -0.3 is 69.1 Å². The highest BCUT2D eigenvalue weighted by Crippen LogP contribution is 2.51. The summed E-state index contributed by atoms with van der Waals surface area (Å²) >= 11 is 28.2. The maximum absolute atomic E-state index is 15.6. The monoisotopic (exact) mass is 1680 g/mol. The van der Waals surface area contributed by atoms with E-state index in [0.29, 0.717) is 88.7 Å². The topological polar surface area (TPSA) is 275 Å². The number of likely N-dealkylation sites (tertiary alicyclic amines) is 2. The van der Waals surface area contributed by atoms with Crippen molar-refractivity contribution in [3.05, 3.63) is 183 Å². The minimum absolute atomic E-state index is 0.0166. The Hall–Kier alpha value is -7.76. The molecule has 0 saturated carbocycles. The van der Waals surface area contributed by atoms with Gasteiger partial charge in [0, 0.05) is 144 Å². The minimum Gasteiger partial charge on any atom is -0.478 e. The molecule has 4 N–H and O–H groups in total. The number of fused-ring (bicyclic) bond motifs is 4. The lowest BCUT2D eigenvalue weighted by atomic mass is 9.78. The number of allylic oxidation sites excluding steroid dienone is 2. The van der Waals surface area contributed by atoms with Crippen molar-refractivity contribution in [3.63, 3.8) is 0 Å². The number of carboxylic acids is 3. The fraction of sp³-hybridized carbons (Fsp3) is 0.545. The molecule has 10 aliphatic rings. The number of rotatable bonds is 32. The number of hydrogen-bond acceptors (Lipinski definition) is 20. The standard InChI is InChI=1S/C88H108Cl4N10O15/c1-94-59-23-24-60(94)48-63(47-59)98-35-39-100(40-36-98)73(103)51-70-79(85(107)108)83(77-65(89)17-11-18-66(77)90)80(69(93-70)27-21-55-13-3-5-15-57(55)53-114-45-43-96-31-7-8-32-96)88(113)116-75(105)29-30-76(106)117-102-71(28-22-56-14-4-6-16-58(56)54-115-46-44-97-33-9-10-34-97)81(86(109)110)84(78-67(91)19-12-20-68(78)92)82(87(111)112)72(102)52-74(104)101-41-37-99(38-42-101)64-49-61-25-26-62(50-64)95(61)2/h3-6,11-20,59-64,83-84,93H,7-10,21-54H2,1-2H3,(H,107,108)(H,109,110)(H,111,112). The quantitative estimate of drug-likeness (QED) is 0.0201. The number of benzene rings is 4. The van der Waals surface area contributed by atoms with Crippen LogP contribution in [0.1, 0.15) is 161 Å². The fourth-order valence-corrected chi connectivity index (χ4v) is 21.2. The number of amides is 2. The molecule has 14 rings (SSSR count). The smallest absolute Gasteiger partial charge is 0.344 e. The summed E-state index contributed by atoms with van der Waals surface area (Å²) in [5.74, 6) is -13.0. The molecule has 25 nitrogen and oxygen atoms in total. The van der Waals surface area contributed by atoms with E-state index in [4.69, 9.17) is 65.5 Å². The van der Waals surface area contributed by atoms with E-state index in [1.807, 2.05) is 48.5 Å². The molecule has 8 saturated heterocycles. The van der Waals surface area contributed by atoms with Crippen LogP contribution in [0.15, 0.2) is 130 Å². The van der Waals surface area contributed by atoms with Crippen LogP contribution in [0.2, 0.25) is 20.1 Å². The predicted octanol–water partition coefficient (Wildman–Crippen LogP) is 11.5. The lowest BCUT2D eigenvalue weighted by Gasteiger charge is -2.45. The molecular weight excluding hydrogens is 1580 g/mol. The van der Waals surface area contributed by atoms with Crippen molar-refractivity contribution in [2.75, 3.05) is 119 Å². The van der Waals surface area contributed by atoms with Crippen molar-refractivity contribution >= 4 is 94.0 Å². The van der Waals surface area contributed by atoms with Crippen molar-refractivity contribution in [2.45, 2.75) is 190 Å². The van der Waals surface area contributed by atoms with Gasteiger partial charge in [-0.1, -0.05) is 107 Å². The zero-order chi connectivity index (χ0) is 82.1. The number of esters is 2. The van der Waals surface area contributed by atoms with Crippen molar-refractivity contribution in [2.24, 2.45) is 0 Å². The Morgan fingerprint density at radius 2 is 0.829 bits per heavy atom. The summed E-state index contributed by atoms with van der Waals surface area (Å²) in [6.07, 6.45) is 10.3. The van der Waals surface area contributed by atoms with Crippen molar-refractivity contribution < 1.29 is 72.7 Å². The zero-order valence-electron chi connectivity index (χ0n) is 66.8. The number of nitrogens with zero attached hydrogens (tertiary/aromatic N) is 9. The van der Waals surface area contributed by atoms with Gasteiger partial charge in [0.2, 0.25) is 11.8 Å². The third-order valence-electron chi connectivity index (χ3n) is 26.3. The Balaban J connectivity index is 0.766. The molecule has 0 spiro atoms. The van der Waals surface area contributed by atoms with Gasteiger partial charge in [-0.3, -0.25) is 24.2 Å². The second-order valence-electron chi connectivity index (χ2n) is 33.0. The van der Waals surface area contributed by atoms with Gasteiger partial charge in [0.25, 0.3) is 0 Å². The highest BCUT2D eigenvalue weighted by molar-refractivity contribution is 6.37. The van der Waals surface area contributed by atoms with E-state index < -0.39 is 102 Å². The third-order valence-corrected chi connectivity index (χ3v) is 27.6. The van der Waals surface area contributed by atoms with E-state index in [-0.39, 0.29) is 112 Å². The molecule has 4 aromatic carbocycles. The van der Waals surface area contributed by atoms with Crippen molar-refractivity contribution in [1.82, 2.24) is 49.6 Å². The van der Waals surface area contributed by atoms with E-state index >= 15 is 14.4 Å². The Morgan fingerprint density at radius 3 is 1.27 bits per heavy atom. The second kappa shape index (κ2) is 39.2. The first kappa shape index (κ1) is 85.7. The van der Waals surface area contributed by atoms with Gasteiger partial charge in [-0.25, -0.2) is 24.0 Å². The average Bonchev–Trinajstić information content (AvgIpc) is 1.50. The molecule has 10 heterocycles.